The molecular formula is C18H21F3N2O4S. The van der Waals surface area contributed by atoms with Gasteiger partial charge in [-0.3, -0.25) is 9.59 Å². The van der Waals surface area contributed by atoms with Crippen LogP contribution >= 0.6 is 0 Å². The van der Waals surface area contributed by atoms with Gasteiger partial charge in [0.05, 0.1) is 16.8 Å². The van der Waals surface area contributed by atoms with Crippen molar-refractivity contribution < 1.29 is 31.2 Å². The van der Waals surface area contributed by atoms with Gasteiger partial charge in [-0.25, -0.2) is 8.42 Å². The summed E-state index contributed by atoms with van der Waals surface area (Å²) in [6.07, 6.45) is -1.61. The van der Waals surface area contributed by atoms with E-state index in [-0.39, 0.29) is 11.5 Å². The van der Waals surface area contributed by atoms with Crippen molar-refractivity contribution in [1.29, 1.82) is 0 Å². The highest BCUT2D eigenvalue weighted by atomic mass is 32.2. The van der Waals surface area contributed by atoms with Gasteiger partial charge in [0.2, 0.25) is 0 Å². The molecule has 1 saturated carbocycles. The molecule has 0 spiro atoms. The van der Waals surface area contributed by atoms with Gasteiger partial charge in [-0.05, 0) is 25.0 Å². The van der Waals surface area contributed by atoms with E-state index in [9.17, 15) is 31.2 Å². The standard InChI is InChI=1S/C18H21F3N2O4S/c1-22-14-13(18(19,20)21)8-7-11(17(14)28(4,26)27)16(25)12(9-23(2)3)15(24)10-5-6-10/h7-10,22H,5-6H2,1-4H3/b12-9-. The number of carbonyl (C=O) groups excluding carboxylic acids is 2. The van der Waals surface area contributed by atoms with E-state index in [0.717, 1.165) is 19.4 Å². The Kier molecular flexibility index (Phi) is 5.93. The highest BCUT2D eigenvalue weighted by Crippen LogP contribution is 2.41. The quantitative estimate of drug-likeness (QED) is 0.317. The van der Waals surface area contributed by atoms with Crippen molar-refractivity contribution in [1.82, 2.24) is 4.90 Å². The average molecular weight is 418 g/mol. The van der Waals surface area contributed by atoms with Crippen LogP contribution in [0.4, 0.5) is 18.9 Å². The second-order valence-electron chi connectivity index (χ2n) is 6.86. The van der Waals surface area contributed by atoms with Gasteiger partial charge in [0, 0.05) is 45.1 Å². The summed E-state index contributed by atoms with van der Waals surface area (Å²) in [6, 6.07) is 1.45. The zero-order valence-corrected chi connectivity index (χ0v) is 16.7. The largest absolute Gasteiger partial charge is 0.418 e. The Balaban J connectivity index is 2.76. The molecule has 6 nitrogen and oxygen atoms in total. The molecule has 1 aliphatic carbocycles. The molecule has 1 fully saturated rings. The summed E-state index contributed by atoms with van der Waals surface area (Å²) >= 11 is 0. The fraction of sp³-hybridized carbons (Fsp3) is 0.444. The first-order chi connectivity index (χ1) is 12.8. The van der Waals surface area contributed by atoms with Gasteiger partial charge < -0.3 is 10.2 Å². The van der Waals surface area contributed by atoms with Crippen LogP contribution in [0.1, 0.15) is 28.8 Å². The predicted octanol–water partition coefficient (Wildman–Crippen LogP) is 2.76. The molecular weight excluding hydrogens is 397 g/mol. The van der Waals surface area contributed by atoms with E-state index >= 15 is 0 Å². The van der Waals surface area contributed by atoms with E-state index in [1.54, 1.807) is 14.1 Å². The fourth-order valence-corrected chi connectivity index (χ4v) is 3.98. The number of anilines is 1. The van der Waals surface area contributed by atoms with Gasteiger partial charge in [-0.15, -0.1) is 0 Å². The van der Waals surface area contributed by atoms with Crippen molar-refractivity contribution in [2.75, 3.05) is 32.7 Å². The van der Waals surface area contributed by atoms with Crippen LogP contribution in [0.3, 0.4) is 0 Å². The lowest BCUT2D eigenvalue weighted by atomic mass is 9.96. The van der Waals surface area contributed by atoms with Gasteiger partial charge in [-0.1, -0.05) is 0 Å². The third kappa shape index (κ3) is 4.54. The molecule has 154 valence electrons. The lowest BCUT2D eigenvalue weighted by molar-refractivity contribution is -0.137. The number of benzene rings is 1. The van der Waals surface area contributed by atoms with E-state index in [0.29, 0.717) is 18.9 Å². The maximum absolute atomic E-state index is 13.3. The number of carbonyl (C=O) groups is 2. The molecule has 0 atom stereocenters. The molecule has 2 rings (SSSR count). The molecule has 1 N–H and O–H groups in total. The van der Waals surface area contributed by atoms with Crippen molar-refractivity contribution in [2.24, 2.45) is 5.92 Å². The summed E-state index contributed by atoms with van der Waals surface area (Å²) in [6.45, 7) is 0. The number of alkyl halides is 3. The Bertz CT molecular complexity index is 946. The Hall–Kier alpha value is -2.36. The number of halogens is 3. The first kappa shape index (κ1) is 21.9. The number of Topliss-reactive ketones (excluding diaryl/α,β-unsaturated/α-hetero) is 2. The summed E-state index contributed by atoms with van der Waals surface area (Å²) < 4.78 is 64.6. The second-order valence-corrected chi connectivity index (χ2v) is 8.81. The Labute approximate surface area is 161 Å². The summed E-state index contributed by atoms with van der Waals surface area (Å²) in [5.41, 5.74) is -2.65. The van der Waals surface area contributed by atoms with Crippen LogP contribution in [0, 0.1) is 5.92 Å². The van der Waals surface area contributed by atoms with Crippen LogP contribution in [0.5, 0.6) is 0 Å². The Morgan fingerprint density at radius 1 is 1.21 bits per heavy atom. The molecule has 0 saturated heterocycles. The van der Waals surface area contributed by atoms with E-state index in [2.05, 4.69) is 5.32 Å². The third-order valence-corrected chi connectivity index (χ3v) is 5.34. The first-order valence-corrected chi connectivity index (χ1v) is 10.3. The molecule has 0 aromatic heterocycles. The molecule has 0 aliphatic heterocycles. The molecule has 0 radical (unpaired) electrons. The lowest BCUT2D eigenvalue weighted by Crippen LogP contribution is -2.22. The molecule has 10 heteroatoms. The molecule has 28 heavy (non-hydrogen) atoms. The molecule has 1 aliphatic rings. The van der Waals surface area contributed by atoms with E-state index in [4.69, 9.17) is 0 Å². The van der Waals surface area contributed by atoms with Crippen molar-refractivity contribution in [2.45, 2.75) is 23.9 Å². The van der Waals surface area contributed by atoms with E-state index in [1.807, 2.05) is 0 Å². The summed E-state index contributed by atoms with van der Waals surface area (Å²) in [4.78, 5) is 26.3. The molecule has 0 amide bonds. The normalized spacial score (nSPS) is 15.3. The first-order valence-electron chi connectivity index (χ1n) is 8.38. The maximum atomic E-state index is 13.3. The third-order valence-electron chi connectivity index (χ3n) is 4.17. The Morgan fingerprint density at radius 2 is 1.79 bits per heavy atom. The van der Waals surface area contributed by atoms with Crippen LogP contribution in [-0.4, -0.2) is 52.3 Å². The highest BCUT2D eigenvalue weighted by molar-refractivity contribution is 7.91. The summed E-state index contributed by atoms with van der Waals surface area (Å²) in [5.74, 6) is -1.68. The topological polar surface area (TPSA) is 83.6 Å². The van der Waals surface area contributed by atoms with Crippen molar-refractivity contribution >= 4 is 27.1 Å². The van der Waals surface area contributed by atoms with E-state index < -0.39 is 49.3 Å². The van der Waals surface area contributed by atoms with Gasteiger partial charge in [0.1, 0.15) is 4.90 Å². The zero-order chi connectivity index (χ0) is 21.4. The minimum atomic E-state index is -4.83. The SMILES string of the molecule is CNc1c(C(F)(F)F)ccc(C(=O)/C(=C\N(C)C)C(=O)C2CC2)c1S(C)(=O)=O. The van der Waals surface area contributed by atoms with Crippen LogP contribution in [0.15, 0.2) is 28.8 Å². The number of hydrogen-bond acceptors (Lipinski definition) is 6. The number of allylic oxidation sites excluding steroid dienone is 1. The van der Waals surface area contributed by atoms with Crippen molar-refractivity contribution in [3.8, 4) is 0 Å². The lowest BCUT2D eigenvalue weighted by Gasteiger charge is -2.19. The molecule has 0 heterocycles. The number of nitrogens with one attached hydrogen (secondary N) is 1. The number of ketones is 2. The summed E-state index contributed by atoms with van der Waals surface area (Å²) in [5, 5.41) is 2.25. The molecule has 0 bridgehead atoms. The van der Waals surface area contributed by atoms with Gasteiger partial charge in [0.25, 0.3) is 0 Å². The van der Waals surface area contributed by atoms with Crippen LogP contribution in [-0.2, 0) is 20.8 Å². The number of rotatable bonds is 7. The highest BCUT2D eigenvalue weighted by Gasteiger charge is 2.40. The van der Waals surface area contributed by atoms with Crippen molar-refractivity contribution in [3.63, 3.8) is 0 Å². The van der Waals surface area contributed by atoms with Gasteiger partial charge in [0.15, 0.2) is 21.4 Å². The number of sulfone groups is 1. The zero-order valence-electron chi connectivity index (χ0n) is 15.8. The van der Waals surface area contributed by atoms with Crippen LogP contribution in [0.25, 0.3) is 0 Å². The van der Waals surface area contributed by atoms with Crippen LogP contribution < -0.4 is 5.32 Å². The van der Waals surface area contributed by atoms with Crippen molar-refractivity contribution in [3.05, 3.63) is 35.0 Å². The molecule has 1 aromatic carbocycles. The second kappa shape index (κ2) is 7.57. The molecule has 0 unspecified atom stereocenters. The average Bonchev–Trinajstić information content (AvgIpc) is 3.40. The number of hydrogen-bond donors (Lipinski definition) is 1. The summed E-state index contributed by atoms with van der Waals surface area (Å²) in [7, 11) is 0.0667. The minimum Gasteiger partial charge on any atom is -0.387 e. The minimum absolute atomic E-state index is 0.251. The Morgan fingerprint density at radius 3 is 2.18 bits per heavy atom. The predicted molar refractivity (Wildman–Crippen MR) is 97.9 cm³/mol. The number of nitrogens with zero attached hydrogens (tertiary/aromatic N) is 1. The molecule has 1 aromatic rings. The van der Waals surface area contributed by atoms with Gasteiger partial charge >= 0.3 is 6.18 Å². The maximum Gasteiger partial charge on any atom is 0.418 e. The monoisotopic (exact) mass is 418 g/mol. The van der Waals surface area contributed by atoms with Crippen LogP contribution in [0.2, 0.25) is 0 Å². The smallest absolute Gasteiger partial charge is 0.387 e. The van der Waals surface area contributed by atoms with E-state index in [1.165, 1.54) is 11.1 Å². The van der Waals surface area contributed by atoms with Gasteiger partial charge in [-0.2, -0.15) is 13.2 Å². The fourth-order valence-electron chi connectivity index (χ4n) is 2.83.